The lowest BCUT2D eigenvalue weighted by Gasteiger charge is -2.17. The van der Waals surface area contributed by atoms with Crippen LogP contribution in [0.15, 0.2) is 47.2 Å². The lowest BCUT2D eigenvalue weighted by Crippen LogP contribution is -2.26. The molecule has 0 bridgehead atoms. The number of rotatable bonds is 3. The van der Waals surface area contributed by atoms with E-state index >= 15 is 0 Å². The molecule has 0 unspecified atom stereocenters. The Morgan fingerprint density at radius 1 is 1.32 bits per heavy atom. The van der Waals surface area contributed by atoms with Crippen LogP contribution in [0.2, 0.25) is 0 Å². The van der Waals surface area contributed by atoms with Crippen molar-refractivity contribution in [2.45, 2.75) is 13.5 Å². The van der Waals surface area contributed by atoms with E-state index in [1.807, 2.05) is 25.1 Å². The molecule has 0 saturated carbocycles. The van der Waals surface area contributed by atoms with Gasteiger partial charge in [-0.1, -0.05) is 29.8 Å². The predicted octanol–water partition coefficient (Wildman–Crippen LogP) is 3.42. The van der Waals surface area contributed by atoms with Gasteiger partial charge < -0.3 is 4.90 Å². The fourth-order valence-corrected chi connectivity index (χ4v) is 2.28. The van der Waals surface area contributed by atoms with E-state index in [1.54, 1.807) is 30.3 Å². The van der Waals surface area contributed by atoms with Crippen LogP contribution >= 0.6 is 15.9 Å². The number of hydrogen-bond donors (Lipinski definition) is 0. The van der Waals surface area contributed by atoms with Gasteiger partial charge in [-0.25, -0.2) is 4.98 Å². The van der Waals surface area contributed by atoms with Crippen LogP contribution in [0.1, 0.15) is 21.5 Å². The number of carbonyl (C=O) groups is 1. The highest BCUT2D eigenvalue weighted by atomic mass is 79.9. The molecule has 1 amide bonds. The summed E-state index contributed by atoms with van der Waals surface area (Å²) in [6.45, 7) is 2.64. The van der Waals surface area contributed by atoms with E-state index in [4.69, 9.17) is 0 Å². The van der Waals surface area contributed by atoms with Gasteiger partial charge in [-0.15, -0.1) is 0 Å². The van der Waals surface area contributed by atoms with Crippen LogP contribution in [0.3, 0.4) is 0 Å². The van der Waals surface area contributed by atoms with Gasteiger partial charge in [0.1, 0.15) is 4.60 Å². The maximum Gasteiger partial charge on any atom is 0.254 e. The molecule has 19 heavy (non-hydrogen) atoms. The van der Waals surface area contributed by atoms with E-state index in [0.717, 1.165) is 5.56 Å². The Morgan fingerprint density at radius 3 is 2.79 bits per heavy atom. The molecule has 1 aromatic heterocycles. The Hall–Kier alpha value is -1.68. The van der Waals surface area contributed by atoms with Crippen molar-refractivity contribution in [3.8, 4) is 0 Å². The second-order valence-electron chi connectivity index (χ2n) is 4.52. The first-order valence-electron chi connectivity index (χ1n) is 5.99. The maximum absolute atomic E-state index is 12.3. The van der Waals surface area contributed by atoms with Crippen LogP contribution in [0.5, 0.6) is 0 Å². The van der Waals surface area contributed by atoms with Crippen LogP contribution in [-0.2, 0) is 6.54 Å². The number of halogens is 1. The molecule has 4 heteroatoms. The van der Waals surface area contributed by atoms with E-state index in [2.05, 4.69) is 27.0 Å². The number of aryl methyl sites for hydroxylation is 1. The minimum Gasteiger partial charge on any atom is -0.337 e. The third-order valence-corrected chi connectivity index (χ3v) is 3.26. The van der Waals surface area contributed by atoms with Gasteiger partial charge in [0, 0.05) is 25.4 Å². The fourth-order valence-electron chi connectivity index (χ4n) is 1.91. The standard InChI is InChI=1S/C15H15BrN2O/c1-11-4-3-5-12(8-11)10-18(2)15(19)13-6-7-17-14(16)9-13/h3-9H,10H2,1-2H3. The molecule has 98 valence electrons. The summed E-state index contributed by atoms with van der Waals surface area (Å²) >= 11 is 3.27. The van der Waals surface area contributed by atoms with Gasteiger partial charge in [-0.3, -0.25) is 4.79 Å². The Kier molecular flexibility index (Phi) is 4.32. The van der Waals surface area contributed by atoms with E-state index in [-0.39, 0.29) is 5.91 Å². The first-order chi connectivity index (χ1) is 9.06. The van der Waals surface area contributed by atoms with E-state index in [1.165, 1.54) is 5.56 Å². The number of benzene rings is 1. The summed E-state index contributed by atoms with van der Waals surface area (Å²) in [5.41, 5.74) is 2.96. The largest absolute Gasteiger partial charge is 0.337 e. The molecule has 0 fully saturated rings. The van der Waals surface area contributed by atoms with Crippen LogP contribution in [0.25, 0.3) is 0 Å². The molecule has 0 saturated heterocycles. The number of amides is 1. The Balaban J connectivity index is 2.12. The molecule has 0 aliphatic heterocycles. The third kappa shape index (κ3) is 3.64. The monoisotopic (exact) mass is 318 g/mol. The van der Waals surface area contributed by atoms with Crippen molar-refractivity contribution in [1.82, 2.24) is 9.88 Å². The molecule has 0 aliphatic rings. The molecule has 0 atom stereocenters. The van der Waals surface area contributed by atoms with Gasteiger partial charge in [0.2, 0.25) is 0 Å². The predicted molar refractivity (Wildman–Crippen MR) is 78.9 cm³/mol. The molecule has 0 spiro atoms. The number of pyridine rings is 1. The van der Waals surface area contributed by atoms with Crippen LogP contribution in [0.4, 0.5) is 0 Å². The molecular formula is C15H15BrN2O. The highest BCUT2D eigenvalue weighted by molar-refractivity contribution is 9.10. The number of nitrogens with zero attached hydrogens (tertiary/aromatic N) is 2. The lowest BCUT2D eigenvalue weighted by molar-refractivity contribution is 0.0785. The Morgan fingerprint density at radius 2 is 2.11 bits per heavy atom. The highest BCUT2D eigenvalue weighted by Gasteiger charge is 2.12. The van der Waals surface area contributed by atoms with Crippen LogP contribution in [-0.4, -0.2) is 22.8 Å². The van der Waals surface area contributed by atoms with Crippen molar-refractivity contribution in [3.05, 3.63) is 63.9 Å². The summed E-state index contributed by atoms with van der Waals surface area (Å²) in [6, 6.07) is 11.6. The zero-order chi connectivity index (χ0) is 13.8. The molecule has 1 aromatic carbocycles. The Bertz CT molecular complexity index is 598. The van der Waals surface area contributed by atoms with Gasteiger partial charge >= 0.3 is 0 Å². The Labute approximate surface area is 121 Å². The molecule has 2 rings (SSSR count). The minimum atomic E-state index is -0.00962. The second kappa shape index (κ2) is 5.97. The quantitative estimate of drug-likeness (QED) is 0.812. The van der Waals surface area contributed by atoms with Crippen molar-refractivity contribution in [3.63, 3.8) is 0 Å². The zero-order valence-electron chi connectivity index (χ0n) is 10.9. The normalized spacial score (nSPS) is 10.3. The topological polar surface area (TPSA) is 33.2 Å². The molecule has 2 aromatic rings. The molecule has 0 N–H and O–H groups in total. The van der Waals surface area contributed by atoms with Crippen molar-refractivity contribution in [2.75, 3.05) is 7.05 Å². The molecule has 0 aliphatic carbocycles. The van der Waals surface area contributed by atoms with E-state index in [9.17, 15) is 4.79 Å². The smallest absolute Gasteiger partial charge is 0.254 e. The van der Waals surface area contributed by atoms with Gasteiger partial charge in [0.05, 0.1) is 0 Å². The van der Waals surface area contributed by atoms with Crippen molar-refractivity contribution in [2.24, 2.45) is 0 Å². The minimum absolute atomic E-state index is 0.00962. The summed E-state index contributed by atoms with van der Waals surface area (Å²) in [5.74, 6) is -0.00962. The summed E-state index contributed by atoms with van der Waals surface area (Å²) < 4.78 is 0.669. The molecular weight excluding hydrogens is 304 g/mol. The summed E-state index contributed by atoms with van der Waals surface area (Å²) in [5, 5.41) is 0. The van der Waals surface area contributed by atoms with E-state index < -0.39 is 0 Å². The van der Waals surface area contributed by atoms with Gasteiger partial charge in [-0.2, -0.15) is 0 Å². The number of hydrogen-bond acceptors (Lipinski definition) is 2. The summed E-state index contributed by atoms with van der Waals surface area (Å²) in [4.78, 5) is 18.0. The highest BCUT2D eigenvalue weighted by Crippen LogP contribution is 2.12. The first kappa shape index (κ1) is 13.7. The summed E-state index contributed by atoms with van der Waals surface area (Å²) in [7, 11) is 1.80. The number of aromatic nitrogens is 1. The second-order valence-corrected chi connectivity index (χ2v) is 5.33. The molecule has 3 nitrogen and oxygen atoms in total. The van der Waals surface area contributed by atoms with Crippen molar-refractivity contribution >= 4 is 21.8 Å². The average Bonchev–Trinajstić information content (AvgIpc) is 2.38. The van der Waals surface area contributed by atoms with Crippen molar-refractivity contribution < 1.29 is 4.79 Å². The molecule has 0 radical (unpaired) electrons. The maximum atomic E-state index is 12.3. The van der Waals surface area contributed by atoms with Crippen molar-refractivity contribution in [1.29, 1.82) is 0 Å². The van der Waals surface area contributed by atoms with Gasteiger partial charge in [-0.05, 0) is 40.5 Å². The summed E-state index contributed by atoms with van der Waals surface area (Å²) in [6.07, 6.45) is 1.62. The first-order valence-corrected chi connectivity index (χ1v) is 6.78. The number of carbonyl (C=O) groups excluding carboxylic acids is 1. The SMILES string of the molecule is Cc1cccc(CN(C)C(=O)c2ccnc(Br)c2)c1. The fraction of sp³-hybridized carbons (Fsp3) is 0.200. The third-order valence-electron chi connectivity index (χ3n) is 2.82. The van der Waals surface area contributed by atoms with Gasteiger partial charge in [0.25, 0.3) is 5.91 Å². The van der Waals surface area contributed by atoms with Gasteiger partial charge in [0.15, 0.2) is 0 Å². The lowest BCUT2D eigenvalue weighted by atomic mass is 10.1. The zero-order valence-corrected chi connectivity index (χ0v) is 12.5. The average molecular weight is 319 g/mol. The van der Waals surface area contributed by atoms with E-state index in [0.29, 0.717) is 16.7 Å². The van der Waals surface area contributed by atoms with Crippen LogP contribution in [0, 0.1) is 6.92 Å². The molecule has 1 heterocycles. The van der Waals surface area contributed by atoms with Crippen LogP contribution < -0.4 is 0 Å².